The number of piperidine rings is 1. The summed E-state index contributed by atoms with van der Waals surface area (Å²) in [6.45, 7) is 0.848. The van der Waals surface area contributed by atoms with E-state index in [-0.39, 0.29) is 53.6 Å². The van der Waals surface area contributed by atoms with Crippen LogP contribution >= 0.6 is 0 Å². The summed E-state index contributed by atoms with van der Waals surface area (Å²) < 4.78 is 32.1. The number of aromatic nitrogens is 2. The number of nitrogens with zero attached hydrogens (tertiary/aromatic N) is 4. The molecule has 1 aromatic heterocycles. The van der Waals surface area contributed by atoms with Crippen molar-refractivity contribution < 1.29 is 27.2 Å². The van der Waals surface area contributed by atoms with Crippen molar-refractivity contribution in [3.63, 3.8) is 0 Å². The highest BCUT2D eigenvalue weighted by molar-refractivity contribution is 7.89. The van der Waals surface area contributed by atoms with E-state index in [2.05, 4.69) is 15.5 Å². The van der Waals surface area contributed by atoms with Crippen LogP contribution in [0.15, 0.2) is 33.6 Å². The Morgan fingerprint density at radius 1 is 1.00 bits per heavy atom. The van der Waals surface area contributed by atoms with Gasteiger partial charge in [-0.1, -0.05) is 11.5 Å². The minimum atomic E-state index is -3.58. The highest BCUT2D eigenvalue weighted by Crippen LogP contribution is 2.21. The van der Waals surface area contributed by atoms with Crippen LogP contribution in [-0.4, -0.2) is 58.6 Å². The van der Waals surface area contributed by atoms with Crippen LogP contribution in [0.1, 0.15) is 48.4 Å². The van der Waals surface area contributed by atoms with E-state index in [0.29, 0.717) is 13.1 Å². The maximum atomic E-state index is 12.7. The molecule has 2 fully saturated rings. The van der Waals surface area contributed by atoms with Gasteiger partial charge in [0.15, 0.2) is 0 Å². The maximum Gasteiger partial charge on any atom is 0.322 e. The third-order valence-electron chi connectivity index (χ3n) is 5.20. The average Bonchev–Trinajstić information content (AvgIpc) is 3.35. The number of hydrogen-bond acceptors (Lipinski definition) is 8. The van der Waals surface area contributed by atoms with Crippen LogP contribution in [0, 0.1) is 0 Å². The largest absolute Gasteiger partial charge is 0.406 e. The Hall–Kier alpha value is -3.12. The van der Waals surface area contributed by atoms with Crippen LogP contribution in [-0.2, 0) is 26.2 Å². The lowest BCUT2D eigenvalue weighted by Crippen LogP contribution is -2.35. The van der Waals surface area contributed by atoms with E-state index >= 15 is 0 Å². The molecule has 164 valence electrons. The van der Waals surface area contributed by atoms with Crippen molar-refractivity contribution in [1.82, 2.24) is 19.4 Å². The summed E-state index contributed by atoms with van der Waals surface area (Å²) in [5.41, 5.74) is 0.210. The van der Waals surface area contributed by atoms with E-state index in [1.54, 1.807) is 0 Å². The lowest BCUT2D eigenvalue weighted by atomic mass is 10.2. The van der Waals surface area contributed by atoms with Gasteiger partial charge in [0, 0.05) is 31.5 Å². The second kappa shape index (κ2) is 8.55. The summed E-state index contributed by atoms with van der Waals surface area (Å²) in [4.78, 5) is 36.9. The molecule has 1 N–H and O–H groups in total. The minimum absolute atomic E-state index is 0.0156. The second-order valence-corrected chi connectivity index (χ2v) is 9.26. The molecule has 11 nitrogen and oxygen atoms in total. The zero-order valence-corrected chi connectivity index (χ0v) is 17.4. The highest BCUT2D eigenvalue weighted by Gasteiger charge is 2.30. The van der Waals surface area contributed by atoms with E-state index in [1.165, 1.54) is 28.6 Å². The van der Waals surface area contributed by atoms with Crippen LogP contribution in [0.5, 0.6) is 0 Å². The summed E-state index contributed by atoms with van der Waals surface area (Å²) in [6.07, 6.45) is 3.01. The summed E-state index contributed by atoms with van der Waals surface area (Å²) in [5.74, 6) is -1.17. The highest BCUT2D eigenvalue weighted by atomic mass is 32.2. The van der Waals surface area contributed by atoms with Crippen molar-refractivity contribution in [2.24, 2.45) is 0 Å². The molecule has 0 aliphatic carbocycles. The number of rotatable bonds is 6. The number of sulfonamides is 1. The first-order valence-corrected chi connectivity index (χ1v) is 11.4. The summed E-state index contributed by atoms with van der Waals surface area (Å²) in [5, 5.41) is 9.84. The molecule has 12 heteroatoms. The van der Waals surface area contributed by atoms with E-state index in [4.69, 9.17) is 4.42 Å². The Bertz CT molecular complexity index is 1090. The van der Waals surface area contributed by atoms with Gasteiger partial charge in [-0.25, -0.2) is 8.42 Å². The Morgan fingerprint density at radius 3 is 2.29 bits per heavy atom. The lowest BCUT2D eigenvalue weighted by molar-refractivity contribution is -0.139. The molecule has 0 saturated carbocycles. The normalized spacial score (nSPS) is 17.9. The lowest BCUT2D eigenvalue weighted by Gasteiger charge is -2.25. The van der Waals surface area contributed by atoms with E-state index in [0.717, 1.165) is 24.2 Å². The summed E-state index contributed by atoms with van der Waals surface area (Å²) in [7, 11) is -3.58. The van der Waals surface area contributed by atoms with Gasteiger partial charge in [-0.15, -0.1) is 5.10 Å². The fraction of sp³-hybridized carbons (Fsp3) is 0.421. The average molecular weight is 447 g/mol. The quantitative estimate of drug-likeness (QED) is 0.650. The monoisotopic (exact) mass is 447 g/mol. The van der Waals surface area contributed by atoms with Crippen LogP contribution in [0.2, 0.25) is 0 Å². The van der Waals surface area contributed by atoms with Gasteiger partial charge in [0.1, 0.15) is 6.54 Å². The Morgan fingerprint density at radius 2 is 1.65 bits per heavy atom. The molecule has 3 heterocycles. The summed E-state index contributed by atoms with van der Waals surface area (Å²) in [6, 6.07) is 5.41. The smallest absolute Gasteiger partial charge is 0.322 e. The van der Waals surface area contributed by atoms with Crippen molar-refractivity contribution >= 4 is 33.8 Å². The van der Waals surface area contributed by atoms with E-state index in [9.17, 15) is 22.8 Å². The first-order chi connectivity index (χ1) is 14.8. The number of anilines is 1. The molecular weight excluding hydrogens is 426 g/mol. The third-order valence-corrected chi connectivity index (χ3v) is 7.12. The maximum absolute atomic E-state index is 12.7. The minimum Gasteiger partial charge on any atom is -0.406 e. The van der Waals surface area contributed by atoms with Gasteiger partial charge in [-0.3, -0.25) is 24.6 Å². The Balaban J connectivity index is 1.39. The predicted molar refractivity (Wildman–Crippen MR) is 106 cm³/mol. The van der Waals surface area contributed by atoms with E-state index < -0.39 is 15.9 Å². The number of hydrogen-bond donors (Lipinski definition) is 1. The molecule has 3 amide bonds. The molecule has 0 bridgehead atoms. The van der Waals surface area contributed by atoms with Gasteiger partial charge in [0.25, 0.3) is 5.91 Å². The van der Waals surface area contributed by atoms with Gasteiger partial charge in [-0.05, 0) is 37.1 Å². The number of amides is 3. The molecule has 4 rings (SSSR count). The van der Waals surface area contributed by atoms with Crippen molar-refractivity contribution in [2.75, 3.05) is 18.4 Å². The van der Waals surface area contributed by atoms with Gasteiger partial charge in [0.05, 0.1) is 4.90 Å². The number of carbonyl (C=O) groups is 3. The topological polar surface area (TPSA) is 143 Å². The molecule has 2 aliphatic rings. The molecule has 2 aliphatic heterocycles. The zero-order valence-electron chi connectivity index (χ0n) is 16.6. The molecule has 0 spiro atoms. The number of nitrogens with one attached hydrogen (secondary N) is 1. The predicted octanol–water partition coefficient (Wildman–Crippen LogP) is 1.15. The molecule has 1 aromatic carbocycles. The molecule has 0 radical (unpaired) electrons. The number of likely N-dealkylation sites (tertiary alicyclic amines) is 1. The van der Waals surface area contributed by atoms with Gasteiger partial charge in [0.2, 0.25) is 27.7 Å². The van der Waals surface area contributed by atoms with Crippen molar-refractivity contribution in [3.8, 4) is 0 Å². The van der Waals surface area contributed by atoms with Crippen LogP contribution < -0.4 is 5.32 Å². The van der Waals surface area contributed by atoms with Gasteiger partial charge >= 0.3 is 6.01 Å². The van der Waals surface area contributed by atoms with Crippen LogP contribution in [0.3, 0.4) is 0 Å². The molecule has 31 heavy (non-hydrogen) atoms. The molecule has 0 unspecified atom stereocenters. The molecule has 0 atom stereocenters. The van der Waals surface area contributed by atoms with Crippen LogP contribution in [0.25, 0.3) is 0 Å². The number of imide groups is 1. The van der Waals surface area contributed by atoms with Gasteiger partial charge < -0.3 is 4.42 Å². The first-order valence-electron chi connectivity index (χ1n) is 9.92. The summed E-state index contributed by atoms with van der Waals surface area (Å²) >= 11 is 0. The van der Waals surface area contributed by atoms with Crippen LogP contribution in [0.4, 0.5) is 6.01 Å². The number of carbonyl (C=O) groups excluding carboxylic acids is 3. The number of benzene rings is 1. The first kappa shape index (κ1) is 21.1. The Kier molecular flexibility index (Phi) is 5.83. The van der Waals surface area contributed by atoms with Crippen molar-refractivity contribution in [3.05, 3.63) is 35.7 Å². The van der Waals surface area contributed by atoms with Crippen molar-refractivity contribution in [2.45, 2.75) is 43.5 Å². The van der Waals surface area contributed by atoms with Gasteiger partial charge in [-0.2, -0.15) is 4.31 Å². The fourth-order valence-corrected chi connectivity index (χ4v) is 5.02. The molecule has 2 aromatic rings. The van der Waals surface area contributed by atoms with Crippen molar-refractivity contribution in [1.29, 1.82) is 0 Å². The molecule has 2 saturated heterocycles. The fourth-order valence-electron chi connectivity index (χ4n) is 3.50. The second-order valence-electron chi connectivity index (χ2n) is 7.32. The Labute approximate surface area is 178 Å². The zero-order chi connectivity index (χ0) is 22.0. The third kappa shape index (κ3) is 4.49. The van der Waals surface area contributed by atoms with E-state index in [1.807, 2.05) is 0 Å². The SMILES string of the molecule is O=C(Nc1nnc(CN2C(=O)CCC2=O)o1)c1ccc(S(=O)(=O)N2CCCCC2)cc1. The standard InChI is InChI=1S/C19H21N5O6S/c25-16-8-9-17(26)24(16)12-15-21-22-19(30-15)20-18(27)13-4-6-14(7-5-13)31(28,29)23-10-2-1-3-11-23/h4-7H,1-3,8-12H2,(H,20,22,27). The molecular formula is C19H21N5O6S.